The van der Waals surface area contributed by atoms with Crippen LogP contribution in [0.25, 0.3) is 67.5 Å². The quantitative estimate of drug-likeness (QED) is 0.148. The van der Waals surface area contributed by atoms with Crippen molar-refractivity contribution in [2.75, 3.05) is 0 Å². The average molecular weight is 1210 g/mol. The molecule has 6 aromatic carbocycles. The summed E-state index contributed by atoms with van der Waals surface area (Å²) in [6, 6.07) is 66.9. The standard InChI is InChI=1S/C24H26BNO2.C18H14BrN.C18H15NO.C12H24B2O4/c1-17-14-15-19(25-27-23(2,3)24(4,5)28-25)16-20(17)22-13-9-12-21(26-22)18-10-7-6-8-11-18;1-13-10-11-15(19)12-16(13)18-9-5-8-17(20-18)14-6-3-2-4-7-14;1-13-10-11-15(20)12-16(13)18-9-5-8-17(19-18)14-6-3-2-4-7-14;1-9(2)10(3,4)16-13(15-9)14-17-11(5,6)12(7,8)18-14/h6-16H,1-5H3;2-12H,1H3;2-12,20H,1H3;1-8H3. The van der Waals surface area contributed by atoms with Crippen LogP contribution in [-0.2, 0) is 27.9 Å². The van der Waals surface area contributed by atoms with Crippen LogP contribution >= 0.6 is 15.9 Å². The van der Waals surface area contributed by atoms with Gasteiger partial charge in [0.1, 0.15) is 5.75 Å². The van der Waals surface area contributed by atoms with Crippen molar-refractivity contribution in [3.8, 4) is 73.3 Å². The first-order valence-corrected chi connectivity index (χ1v) is 30.2. The topological polar surface area (TPSA) is 114 Å². The number of hydrogen-bond acceptors (Lipinski definition) is 10. The SMILES string of the molecule is CC1(C)OB(B2OC(C)(C)C(C)(C)O2)OC1(C)C.Cc1ccc(B2OC(C)(C)C(C)(C)O2)cc1-c1cccc(-c2ccccc2)n1.Cc1ccc(Br)cc1-c1cccc(-c2ccccc2)n1.Cc1ccc(O)cc1-c1cccc(-c2ccccc2)n1. The van der Waals surface area contributed by atoms with Crippen LogP contribution in [0.1, 0.15) is 99.8 Å². The molecule has 0 amide bonds. The number of hydrogen-bond donors (Lipinski definition) is 1. The molecule has 0 spiro atoms. The number of aromatic nitrogens is 3. The molecule has 0 bridgehead atoms. The Labute approximate surface area is 519 Å². The van der Waals surface area contributed by atoms with Gasteiger partial charge in [0.25, 0.3) is 0 Å². The molecule has 3 saturated heterocycles. The van der Waals surface area contributed by atoms with E-state index >= 15 is 0 Å². The number of halogens is 1. The summed E-state index contributed by atoms with van der Waals surface area (Å²) in [5.74, 6) is 0.262. The zero-order valence-corrected chi connectivity index (χ0v) is 54.0. The van der Waals surface area contributed by atoms with Crippen LogP contribution in [0.2, 0.25) is 0 Å². The highest BCUT2D eigenvalue weighted by Crippen LogP contribution is 2.43. The van der Waals surface area contributed by atoms with E-state index in [0.29, 0.717) is 0 Å². The van der Waals surface area contributed by atoms with Gasteiger partial charge in [-0.15, -0.1) is 0 Å². The third-order valence-corrected chi connectivity index (χ3v) is 17.8. The van der Waals surface area contributed by atoms with E-state index in [1.54, 1.807) is 12.1 Å². The maximum Gasteiger partial charge on any atom is 0.494 e. The van der Waals surface area contributed by atoms with Gasteiger partial charge >= 0.3 is 21.1 Å². The molecule has 0 atom stereocenters. The number of pyridine rings is 3. The van der Waals surface area contributed by atoms with Crippen LogP contribution in [-0.4, -0.2) is 74.8 Å². The number of aryl methyl sites for hydroxylation is 3. The van der Waals surface area contributed by atoms with Crippen molar-refractivity contribution in [1.82, 2.24) is 15.0 Å². The molecular formula is C72H79B3BrN3O7. The second-order valence-electron chi connectivity index (χ2n) is 25.2. The van der Waals surface area contributed by atoms with Crippen LogP contribution in [0.15, 0.2) is 205 Å². The number of rotatable bonds is 8. The first kappa shape index (κ1) is 63.5. The van der Waals surface area contributed by atoms with Crippen LogP contribution in [0.4, 0.5) is 0 Å². The lowest BCUT2D eigenvalue weighted by Crippen LogP contribution is -2.41. The van der Waals surface area contributed by atoms with E-state index in [2.05, 4.69) is 142 Å². The van der Waals surface area contributed by atoms with Gasteiger partial charge in [0.15, 0.2) is 0 Å². The predicted octanol–water partition coefficient (Wildman–Crippen LogP) is 17.2. The fraction of sp³-hybridized carbons (Fsp3) is 0.292. The number of aromatic hydroxyl groups is 1. The Morgan fingerprint density at radius 2 is 0.628 bits per heavy atom. The number of phenolic OH excluding ortho intramolecular Hbond substituents is 1. The summed E-state index contributed by atoms with van der Waals surface area (Å²) in [4.78, 5) is 14.4. The molecule has 1 N–H and O–H groups in total. The van der Waals surface area contributed by atoms with Crippen molar-refractivity contribution in [2.45, 2.75) is 137 Å². The Kier molecular flexibility index (Phi) is 19.0. The third-order valence-electron chi connectivity index (χ3n) is 17.3. The van der Waals surface area contributed by atoms with Gasteiger partial charge < -0.3 is 33.0 Å². The van der Waals surface area contributed by atoms with E-state index in [4.69, 9.17) is 42.9 Å². The fourth-order valence-corrected chi connectivity index (χ4v) is 10.2. The molecule has 0 saturated carbocycles. The summed E-state index contributed by atoms with van der Waals surface area (Å²) in [7, 11) is -1.33. The number of phenols is 1. The van der Waals surface area contributed by atoms with Gasteiger partial charge in [0.05, 0.1) is 67.8 Å². The van der Waals surface area contributed by atoms with Gasteiger partial charge in [0.2, 0.25) is 0 Å². The normalized spacial score (nSPS) is 17.3. The Hall–Kier alpha value is -7.00. The highest BCUT2D eigenvalue weighted by atomic mass is 79.9. The second kappa shape index (κ2) is 25.8. The smallest absolute Gasteiger partial charge is 0.494 e. The van der Waals surface area contributed by atoms with Gasteiger partial charge in [0, 0.05) is 37.9 Å². The van der Waals surface area contributed by atoms with Gasteiger partial charge in [-0.25, -0.2) is 15.0 Å². The summed E-state index contributed by atoms with van der Waals surface area (Å²) >= 11 is 3.53. The zero-order valence-electron chi connectivity index (χ0n) is 52.4. The number of benzene rings is 6. The Morgan fingerprint density at radius 3 is 1.00 bits per heavy atom. The molecule has 86 heavy (non-hydrogen) atoms. The average Bonchev–Trinajstić information content (AvgIpc) is 2.06. The van der Waals surface area contributed by atoms with Crippen molar-refractivity contribution < 1.29 is 33.0 Å². The Bertz CT molecular complexity index is 3580. The largest absolute Gasteiger partial charge is 0.508 e. The summed E-state index contributed by atoms with van der Waals surface area (Å²) in [5, 5.41) is 9.66. The fourth-order valence-electron chi connectivity index (χ4n) is 9.86. The molecule has 3 aromatic heterocycles. The first-order valence-electron chi connectivity index (χ1n) is 29.4. The van der Waals surface area contributed by atoms with Crippen molar-refractivity contribution >= 4 is 42.5 Å². The van der Waals surface area contributed by atoms with Crippen molar-refractivity contribution in [1.29, 1.82) is 0 Å². The molecule has 12 rings (SSSR count). The van der Waals surface area contributed by atoms with Gasteiger partial charge in [-0.3, -0.25) is 0 Å². The molecule has 9 aromatic rings. The maximum absolute atomic E-state index is 9.66. The minimum absolute atomic E-state index is 0.262. The van der Waals surface area contributed by atoms with Gasteiger partial charge in [-0.2, -0.15) is 0 Å². The number of nitrogens with zero attached hydrogens (tertiary/aromatic N) is 3. The lowest BCUT2D eigenvalue weighted by Gasteiger charge is -2.32. The highest BCUT2D eigenvalue weighted by Gasteiger charge is 2.63. The minimum atomic E-state index is -0.476. The van der Waals surface area contributed by atoms with E-state index in [0.717, 1.165) is 83.0 Å². The molecule has 0 aliphatic carbocycles. The van der Waals surface area contributed by atoms with Gasteiger partial charge in [-0.05, 0) is 187 Å². The minimum Gasteiger partial charge on any atom is -0.508 e. The second-order valence-corrected chi connectivity index (χ2v) is 26.1. The monoisotopic (exact) mass is 1210 g/mol. The predicted molar refractivity (Wildman–Crippen MR) is 357 cm³/mol. The molecule has 440 valence electrons. The zero-order chi connectivity index (χ0) is 61.8. The summed E-state index contributed by atoms with van der Waals surface area (Å²) in [6.45, 7) is 30.8. The van der Waals surface area contributed by atoms with Crippen LogP contribution in [0.3, 0.4) is 0 Å². The highest BCUT2D eigenvalue weighted by molar-refractivity contribution is 9.10. The molecule has 6 heterocycles. The summed E-state index contributed by atoms with van der Waals surface area (Å²) in [6.07, 6.45) is 0. The Morgan fingerprint density at radius 1 is 0.326 bits per heavy atom. The third kappa shape index (κ3) is 14.5. The van der Waals surface area contributed by atoms with Gasteiger partial charge in [-0.1, -0.05) is 155 Å². The molecule has 14 heteroatoms. The van der Waals surface area contributed by atoms with E-state index in [1.807, 2.05) is 165 Å². The molecular weight excluding hydrogens is 1130 g/mol. The Balaban J connectivity index is 0.000000139. The maximum atomic E-state index is 9.66. The van der Waals surface area contributed by atoms with Crippen molar-refractivity contribution in [2.24, 2.45) is 0 Å². The van der Waals surface area contributed by atoms with E-state index in [1.165, 1.54) is 11.1 Å². The van der Waals surface area contributed by atoms with Crippen LogP contribution < -0.4 is 5.46 Å². The molecule has 3 aliphatic heterocycles. The molecule has 10 nitrogen and oxygen atoms in total. The first-order chi connectivity index (χ1) is 40.6. The van der Waals surface area contributed by atoms with E-state index in [-0.39, 0.29) is 46.5 Å². The molecule has 0 unspecified atom stereocenters. The summed E-state index contributed by atoms with van der Waals surface area (Å²) in [5.41, 5.74) is 14.7. The lowest BCUT2D eigenvalue weighted by molar-refractivity contribution is 0.00578. The lowest BCUT2D eigenvalue weighted by atomic mass is 9.49. The van der Waals surface area contributed by atoms with Crippen molar-refractivity contribution in [3.63, 3.8) is 0 Å². The van der Waals surface area contributed by atoms with E-state index in [9.17, 15) is 5.11 Å². The summed E-state index contributed by atoms with van der Waals surface area (Å²) < 4.78 is 37.4. The molecule has 0 radical (unpaired) electrons. The van der Waals surface area contributed by atoms with E-state index < -0.39 is 14.0 Å². The molecule has 3 fully saturated rings. The van der Waals surface area contributed by atoms with Crippen molar-refractivity contribution in [3.05, 3.63) is 221 Å². The molecule has 3 aliphatic rings. The van der Waals surface area contributed by atoms with Crippen LogP contribution in [0, 0.1) is 20.8 Å². The van der Waals surface area contributed by atoms with Crippen LogP contribution in [0.5, 0.6) is 5.75 Å².